The van der Waals surface area contributed by atoms with Gasteiger partial charge in [0.25, 0.3) is 0 Å². The molecule has 0 heterocycles. The van der Waals surface area contributed by atoms with E-state index in [1.807, 2.05) is 0 Å². The molecule has 0 nitrogen and oxygen atoms in total. The van der Waals surface area contributed by atoms with Crippen LogP contribution in [0.15, 0.2) is 0 Å². The van der Waals surface area contributed by atoms with Gasteiger partial charge < -0.3 is 0 Å². The molecule has 0 bridgehead atoms. The quantitative estimate of drug-likeness (QED) is 0.209. The van der Waals surface area contributed by atoms with Gasteiger partial charge in [-0.25, -0.2) is 0 Å². The van der Waals surface area contributed by atoms with E-state index in [2.05, 4.69) is 20.8 Å². The Morgan fingerprint density at radius 2 is 0.826 bits per heavy atom. The van der Waals surface area contributed by atoms with Crippen molar-refractivity contribution in [3.8, 4) is 0 Å². The van der Waals surface area contributed by atoms with Gasteiger partial charge in [-0.3, -0.25) is 0 Å². The Kier molecular flexibility index (Phi) is 20.0. The van der Waals surface area contributed by atoms with E-state index in [9.17, 15) is 0 Å². The molecule has 0 heteroatoms. The topological polar surface area (TPSA) is 0 Å². The number of unbranched alkanes of at least 4 members (excludes halogenated alkanes) is 14. The summed E-state index contributed by atoms with van der Waals surface area (Å²) in [7, 11) is 0. The molecule has 0 amide bonds. The molecule has 138 valence electrons. The smallest absolute Gasteiger partial charge is 0.0417 e. The highest BCUT2D eigenvalue weighted by Gasteiger charge is 2.04. The Balaban J connectivity index is 3.12. The number of rotatable bonds is 19. The third-order valence-corrected chi connectivity index (χ3v) is 5.30. The van der Waals surface area contributed by atoms with Gasteiger partial charge in [0.1, 0.15) is 0 Å². The van der Waals surface area contributed by atoms with E-state index in [0.29, 0.717) is 0 Å². The minimum Gasteiger partial charge on any atom is -0.0651 e. The van der Waals surface area contributed by atoms with Gasteiger partial charge in [0.15, 0.2) is 0 Å². The molecule has 0 aromatic carbocycles. The van der Waals surface area contributed by atoms with Gasteiger partial charge in [0.2, 0.25) is 0 Å². The molecule has 0 rings (SSSR count). The molecular formula is C23H46. The van der Waals surface area contributed by atoms with Crippen molar-refractivity contribution in [1.29, 1.82) is 0 Å². The normalized spacial score (nSPS) is 12.7. The van der Waals surface area contributed by atoms with Crippen LogP contribution in [0.4, 0.5) is 0 Å². The number of hydrogen-bond acceptors (Lipinski definition) is 0. The maximum atomic E-state index is 3.96. The second kappa shape index (κ2) is 20.0. The molecule has 1 atom stereocenters. The molecule has 0 aliphatic heterocycles. The minimum atomic E-state index is 0.977. The Morgan fingerprint density at radius 3 is 1.22 bits per heavy atom. The first-order chi connectivity index (χ1) is 11.3. The first-order valence-corrected chi connectivity index (χ1v) is 10.9. The maximum Gasteiger partial charge on any atom is -0.0417 e. The van der Waals surface area contributed by atoms with Crippen LogP contribution in [-0.4, -0.2) is 0 Å². The van der Waals surface area contributed by atoms with Gasteiger partial charge >= 0.3 is 0 Å². The van der Waals surface area contributed by atoms with Gasteiger partial charge in [-0.05, 0) is 5.92 Å². The lowest BCUT2D eigenvalue weighted by Gasteiger charge is -2.13. The monoisotopic (exact) mass is 322 g/mol. The summed E-state index contributed by atoms with van der Waals surface area (Å²) in [4.78, 5) is 0. The molecule has 0 saturated heterocycles. The summed E-state index contributed by atoms with van der Waals surface area (Å²) < 4.78 is 0. The second-order valence-electron chi connectivity index (χ2n) is 7.51. The first kappa shape index (κ1) is 23.0. The summed E-state index contributed by atoms with van der Waals surface area (Å²) >= 11 is 0. The fraction of sp³-hybridized carbons (Fsp3) is 0.913. The molecule has 0 aliphatic rings. The highest BCUT2D eigenvalue weighted by molar-refractivity contribution is 4.59. The second-order valence-corrected chi connectivity index (χ2v) is 7.51. The molecule has 0 aromatic heterocycles. The van der Waals surface area contributed by atoms with Crippen molar-refractivity contribution < 1.29 is 0 Å². The molecule has 2 radical (unpaired) electrons. The van der Waals surface area contributed by atoms with Crippen molar-refractivity contribution in [2.24, 2.45) is 5.92 Å². The predicted octanol–water partition coefficient (Wildman–Crippen LogP) is 8.70. The summed E-state index contributed by atoms with van der Waals surface area (Å²) in [6.45, 7) is 10.2. The molecule has 0 aliphatic carbocycles. The van der Waals surface area contributed by atoms with E-state index < -0.39 is 0 Å². The van der Waals surface area contributed by atoms with Crippen molar-refractivity contribution in [3.05, 3.63) is 13.8 Å². The molecule has 0 N–H and O–H groups in total. The van der Waals surface area contributed by atoms with Crippen LogP contribution in [-0.2, 0) is 0 Å². The predicted molar refractivity (Wildman–Crippen MR) is 108 cm³/mol. The fourth-order valence-corrected chi connectivity index (χ4v) is 3.54. The lowest BCUT2D eigenvalue weighted by Crippen LogP contribution is -1.98. The number of hydrogen-bond donors (Lipinski definition) is 0. The lowest BCUT2D eigenvalue weighted by atomic mass is 9.93. The largest absolute Gasteiger partial charge is 0.0651 e. The van der Waals surface area contributed by atoms with Gasteiger partial charge in [-0.15, -0.1) is 0 Å². The summed E-state index contributed by atoms with van der Waals surface area (Å²) in [6, 6.07) is 0. The van der Waals surface area contributed by atoms with Crippen molar-refractivity contribution >= 4 is 0 Å². The molecule has 1 unspecified atom stereocenters. The van der Waals surface area contributed by atoms with Crippen LogP contribution in [0.25, 0.3) is 0 Å². The van der Waals surface area contributed by atoms with Gasteiger partial charge in [0, 0.05) is 0 Å². The zero-order valence-corrected chi connectivity index (χ0v) is 16.4. The third-order valence-electron chi connectivity index (χ3n) is 5.30. The lowest BCUT2D eigenvalue weighted by molar-refractivity contribution is 0.402. The zero-order valence-electron chi connectivity index (χ0n) is 16.4. The van der Waals surface area contributed by atoms with Crippen LogP contribution >= 0.6 is 0 Å². The summed E-state index contributed by atoms with van der Waals surface area (Å²) in [5.74, 6) is 0.977. The molecule has 0 spiro atoms. The average molecular weight is 323 g/mol. The SMILES string of the molecule is [CH2]CCCCCCCCCCCCCCCC(CC)CCC[CH2]. The summed E-state index contributed by atoms with van der Waals surface area (Å²) in [6.07, 6.45) is 26.6. The van der Waals surface area contributed by atoms with Crippen LogP contribution in [0, 0.1) is 19.8 Å². The summed E-state index contributed by atoms with van der Waals surface area (Å²) in [5.41, 5.74) is 0. The first-order valence-electron chi connectivity index (χ1n) is 10.9. The van der Waals surface area contributed by atoms with E-state index in [1.165, 1.54) is 109 Å². The average Bonchev–Trinajstić information content (AvgIpc) is 2.57. The standard InChI is InChI=1S/C23H46/c1-4-7-9-10-11-12-13-14-15-16-17-18-19-20-22-23(6-3)21-8-5-2/h23H,1-2,4-22H2,3H3. The zero-order chi connectivity index (χ0) is 17.0. The summed E-state index contributed by atoms with van der Waals surface area (Å²) in [5, 5.41) is 0. The Hall–Kier alpha value is 0. The highest BCUT2D eigenvalue weighted by Crippen LogP contribution is 2.20. The fourth-order valence-electron chi connectivity index (χ4n) is 3.54. The van der Waals surface area contributed by atoms with Crippen molar-refractivity contribution in [3.63, 3.8) is 0 Å². The van der Waals surface area contributed by atoms with Crippen LogP contribution in [0.1, 0.15) is 129 Å². The third kappa shape index (κ3) is 18.2. The van der Waals surface area contributed by atoms with Crippen LogP contribution in [0.3, 0.4) is 0 Å². The maximum absolute atomic E-state index is 3.96. The van der Waals surface area contributed by atoms with Crippen LogP contribution in [0.5, 0.6) is 0 Å². The van der Waals surface area contributed by atoms with Gasteiger partial charge in [-0.2, -0.15) is 0 Å². The Labute approximate surface area is 149 Å². The molecule has 0 fully saturated rings. The highest BCUT2D eigenvalue weighted by atomic mass is 14.1. The van der Waals surface area contributed by atoms with E-state index in [0.717, 1.165) is 18.8 Å². The van der Waals surface area contributed by atoms with E-state index in [4.69, 9.17) is 0 Å². The van der Waals surface area contributed by atoms with E-state index in [-0.39, 0.29) is 0 Å². The van der Waals surface area contributed by atoms with Crippen molar-refractivity contribution in [1.82, 2.24) is 0 Å². The van der Waals surface area contributed by atoms with Crippen LogP contribution in [0.2, 0.25) is 0 Å². The Morgan fingerprint density at radius 1 is 0.478 bits per heavy atom. The van der Waals surface area contributed by atoms with Gasteiger partial charge in [0.05, 0.1) is 0 Å². The Bertz CT molecular complexity index is 196. The van der Waals surface area contributed by atoms with Crippen molar-refractivity contribution in [2.75, 3.05) is 0 Å². The minimum absolute atomic E-state index is 0.977. The van der Waals surface area contributed by atoms with Crippen molar-refractivity contribution in [2.45, 2.75) is 129 Å². The van der Waals surface area contributed by atoms with Gasteiger partial charge in [-0.1, -0.05) is 143 Å². The van der Waals surface area contributed by atoms with E-state index in [1.54, 1.807) is 0 Å². The van der Waals surface area contributed by atoms with E-state index >= 15 is 0 Å². The molecule has 23 heavy (non-hydrogen) atoms. The van der Waals surface area contributed by atoms with Crippen LogP contribution < -0.4 is 0 Å². The molecule has 0 saturated carbocycles. The molecule has 0 aromatic rings. The molecular weight excluding hydrogens is 276 g/mol.